The number of nitrogens with zero attached hydrogens (tertiary/aromatic N) is 5. The number of aryl methyl sites for hydroxylation is 2. The van der Waals surface area contributed by atoms with Gasteiger partial charge in [-0.15, -0.1) is 24.0 Å². The van der Waals surface area contributed by atoms with Gasteiger partial charge in [0, 0.05) is 52.6 Å². The lowest BCUT2D eigenvalue weighted by Crippen LogP contribution is -2.46. The molecule has 0 amide bonds. The molecule has 0 spiro atoms. The van der Waals surface area contributed by atoms with E-state index in [0.717, 1.165) is 43.5 Å². The average molecular weight is 459 g/mol. The second kappa shape index (κ2) is 9.18. The predicted octanol–water partition coefficient (Wildman–Crippen LogP) is 1.06. The Hall–Kier alpha value is -1.62. The molecule has 9 heteroatoms. The summed E-state index contributed by atoms with van der Waals surface area (Å²) in [6, 6.07) is 2.39. The topological polar surface area (TPSA) is 81.3 Å². The van der Waals surface area contributed by atoms with Gasteiger partial charge in [0.25, 0.3) is 0 Å². The van der Waals surface area contributed by atoms with Crippen molar-refractivity contribution in [2.24, 2.45) is 12.0 Å². The molecule has 138 valence electrons. The molecule has 0 saturated carbocycles. The van der Waals surface area contributed by atoms with E-state index >= 15 is 0 Å². The second-order valence-electron chi connectivity index (χ2n) is 6.05. The van der Waals surface area contributed by atoms with E-state index in [2.05, 4.69) is 38.0 Å². The van der Waals surface area contributed by atoms with Crippen LogP contribution in [0.4, 0.5) is 0 Å². The fourth-order valence-corrected chi connectivity index (χ4v) is 2.91. The van der Waals surface area contributed by atoms with Crippen molar-refractivity contribution in [2.45, 2.75) is 38.6 Å². The lowest BCUT2D eigenvalue weighted by atomic mass is 10.1. The summed E-state index contributed by atoms with van der Waals surface area (Å²) in [6.45, 7) is 2.00. The van der Waals surface area contributed by atoms with Crippen LogP contribution in [0.1, 0.15) is 23.6 Å². The third kappa shape index (κ3) is 5.18. The highest BCUT2D eigenvalue weighted by Crippen LogP contribution is 2.13. The van der Waals surface area contributed by atoms with E-state index in [1.165, 1.54) is 5.56 Å². The summed E-state index contributed by atoms with van der Waals surface area (Å²) in [5.41, 5.74) is 1.23. The molecular formula is C16H26IN7O. The quantitative estimate of drug-likeness (QED) is 0.397. The SMILES string of the molecule is CN=C(NCc1ccn(C)c1)NC1CCc2nc(COC)nn2C1.I. The highest BCUT2D eigenvalue weighted by Gasteiger charge is 2.22. The molecule has 1 atom stereocenters. The van der Waals surface area contributed by atoms with Crippen LogP contribution in [0.2, 0.25) is 0 Å². The minimum atomic E-state index is 0. The standard InChI is InChI=1S/C16H25N7O.HI/c1-17-16(18-8-12-6-7-22(2)9-12)19-13-4-5-15-20-14(11-24-3)21-23(15)10-13;/h6-7,9,13H,4-5,8,10-11H2,1-3H3,(H2,17,18,19);1H. The fraction of sp³-hybridized carbons (Fsp3) is 0.562. The molecule has 8 nitrogen and oxygen atoms in total. The first kappa shape index (κ1) is 19.7. The summed E-state index contributed by atoms with van der Waals surface area (Å²) in [5.74, 6) is 2.59. The van der Waals surface area contributed by atoms with Crippen molar-refractivity contribution in [1.82, 2.24) is 30.0 Å². The van der Waals surface area contributed by atoms with E-state index < -0.39 is 0 Å². The van der Waals surface area contributed by atoms with Crippen LogP contribution < -0.4 is 10.6 Å². The largest absolute Gasteiger partial charge is 0.377 e. The molecule has 2 aromatic rings. The predicted molar refractivity (Wildman–Crippen MR) is 107 cm³/mol. The Labute approximate surface area is 165 Å². The molecule has 3 rings (SSSR count). The Morgan fingerprint density at radius 2 is 2.32 bits per heavy atom. The van der Waals surface area contributed by atoms with Gasteiger partial charge in [-0.05, 0) is 18.1 Å². The zero-order chi connectivity index (χ0) is 16.9. The number of rotatable bonds is 5. The normalized spacial score (nSPS) is 16.9. The van der Waals surface area contributed by atoms with Gasteiger partial charge in [0.2, 0.25) is 0 Å². The molecule has 0 bridgehead atoms. The number of methoxy groups -OCH3 is 1. The van der Waals surface area contributed by atoms with Gasteiger partial charge >= 0.3 is 0 Å². The van der Waals surface area contributed by atoms with Crippen molar-refractivity contribution in [3.05, 3.63) is 35.7 Å². The summed E-state index contributed by atoms with van der Waals surface area (Å²) in [4.78, 5) is 8.82. The van der Waals surface area contributed by atoms with E-state index in [1.807, 2.05) is 22.5 Å². The molecule has 0 aromatic carbocycles. The van der Waals surface area contributed by atoms with Crippen LogP contribution in [-0.4, -0.2) is 45.5 Å². The monoisotopic (exact) mass is 459 g/mol. The maximum absolute atomic E-state index is 5.11. The van der Waals surface area contributed by atoms with Crippen LogP contribution >= 0.6 is 24.0 Å². The lowest BCUT2D eigenvalue weighted by Gasteiger charge is -2.25. The molecule has 3 heterocycles. The molecule has 1 aliphatic heterocycles. The average Bonchev–Trinajstić information content (AvgIpc) is 3.16. The number of aromatic nitrogens is 4. The molecule has 2 N–H and O–H groups in total. The third-order valence-electron chi connectivity index (χ3n) is 4.09. The smallest absolute Gasteiger partial charge is 0.191 e. The van der Waals surface area contributed by atoms with Gasteiger partial charge in [0.15, 0.2) is 11.8 Å². The van der Waals surface area contributed by atoms with E-state index in [-0.39, 0.29) is 30.0 Å². The number of guanidine groups is 1. The molecule has 0 saturated heterocycles. The number of ether oxygens (including phenoxy) is 1. The van der Waals surface area contributed by atoms with E-state index in [9.17, 15) is 0 Å². The molecule has 0 fully saturated rings. The molecular weight excluding hydrogens is 433 g/mol. The molecule has 2 aromatic heterocycles. The van der Waals surface area contributed by atoms with Gasteiger partial charge in [-0.1, -0.05) is 0 Å². The number of halogens is 1. The van der Waals surface area contributed by atoms with Crippen LogP contribution in [-0.2, 0) is 37.9 Å². The van der Waals surface area contributed by atoms with Crippen molar-refractivity contribution in [1.29, 1.82) is 0 Å². The van der Waals surface area contributed by atoms with Crippen LogP contribution in [0, 0.1) is 0 Å². The number of hydrogen-bond donors (Lipinski definition) is 2. The molecule has 0 aliphatic carbocycles. The van der Waals surface area contributed by atoms with Crippen LogP contribution in [0.15, 0.2) is 23.5 Å². The minimum absolute atomic E-state index is 0. The minimum Gasteiger partial charge on any atom is -0.377 e. The number of fused-ring (bicyclic) bond motifs is 1. The van der Waals surface area contributed by atoms with Gasteiger partial charge in [0.05, 0.1) is 6.54 Å². The Morgan fingerprint density at radius 3 is 3.00 bits per heavy atom. The maximum Gasteiger partial charge on any atom is 0.191 e. The summed E-state index contributed by atoms with van der Waals surface area (Å²) in [6.07, 6.45) is 6.05. The number of aliphatic imine (C=N–C) groups is 1. The van der Waals surface area contributed by atoms with E-state index in [1.54, 1.807) is 14.2 Å². The van der Waals surface area contributed by atoms with Crippen LogP contribution in [0.3, 0.4) is 0 Å². The van der Waals surface area contributed by atoms with Gasteiger partial charge in [-0.2, -0.15) is 5.10 Å². The maximum atomic E-state index is 5.11. The Kier molecular flexibility index (Phi) is 7.24. The van der Waals surface area contributed by atoms with Crippen LogP contribution in [0.25, 0.3) is 0 Å². The van der Waals surface area contributed by atoms with Crippen molar-refractivity contribution < 1.29 is 4.74 Å². The second-order valence-corrected chi connectivity index (χ2v) is 6.05. The lowest BCUT2D eigenvalue weighted by molar-refractivity contribution is 0.177. The Bertz CT molecular complexity index is 709. The first-order valence-electron chi connectivity index (χ1n) is 8.17. The zero-order valence-corrected chi connectivity index (χ0v) is 17.2. The Balaban J connectivity index is 0.00000225. The van der Waals surface area contributed by atoms with Crippen molar-refractivity contribution >= 4 is 29.9 Å². The van der Waals surface area contributed by atoms with Crippen LogP contribution in [0.5, 0.6) is 0 Å². The van der Waals surface area contributed by atoms with E-state index in [4.69, 9.17) is 4.74 Å². The first-order valence-corrected chi connectivity index (χ1v) is 8.17. The van der Waals surface area contributed by atoms with Crippen molar-refractivity contribution in [2.75, 3.05) is 14.2 Å². The molecule has 1 unspecified atom stereocenters. The number of nitrogens with one attached hydrogen (secondary N) is 2. The van der Waals surface area contributed by atoms with Gasteiger partial charge in [-0.25, -0.2) is 9.67 Å². The first-order chi connectivity index (χ1) is 11.7. The van der Waals surface area contributed by atoms with Gasteiger partial charge in [-0.3, -0.25) is 4.99 Å². The molecule has 0 radical (unpaired) electrons. The Morgan fingerprint density at radius 1 is 1.48 bits per heavy atom. The summed E-state index contributed by atoms with van der Waals surface area (Å²) >= 11 is 0. The van der Waals surface area contributed by atoms with Gasteiger partial charge < -0.3 is 19.9 Å². The molecule has 1 aliphatic rings. The summed E-state index contributed by atoms with van der Waals surface area (Å²) in [7, 11) is 5.47. The van der Waals surface area contributed by atoms with E-state index in [0.29, 0.717) is 6.61 Å². The summed E-state index contributed by atoms with van der Waals surface area (Å²) < 4.78 is 9.12. The fourth-order valence-electron chi connectivity index (χ4n) is 2.91. The van der Waals surface area contributed by atoms with Crippen molar-refractivity contribution in [3.63, 3.8) is 0 Å². The highest BCUT2D eigenvalue weighted by molar-refractivity contribution is 14.0. The third-order valence-corrected chi connectivity index (χ3v) is 4.09. The van der Waals surface area contributed by atoms with Crippen molar-refractivity contribution in [3.8, 4) is 0 Å². The number of hydrogen-bond acceptors (Lipinski definition) is 4. The summed E-state index contributed by atoms with van der Waals surface area (Å²) in [5, 5.41) is 11.3. The zero-order valence-electron chi connectivity index (χ0n) is 14.9. The molecule has 25 heavy (non-hydrogen) atoms. The highest BCUT2D eigenvalue weighted by atomic mass is 127. The van der Waals surface area contributed by atoms with Gasteiger partial charge in [0.1, 0.15) is 12.4 Å².